The van der Waals surface area contributed by atoms with E-state index in [1.54, 1.807) is 24.3 Å². The summed E-state index contributed by atoms with van der Waals surface area (Å²) >= 11 is 27.2. The van der Waals surface area contributed by atoms with Gasteiger partial charge in [-0.3, -0.25) is 20.2 Å². The number of likely N-dealkylation sites (N-methyl/N-ethyl adjacent to an activating group) is 2. The molecule has 2 fully saturated rings. The molecule has 18 nitrogen and oxygen atoms in total. The molecule has 2 spiro atoms. The smallest absolute Gasteiger partial charge is 0.270 e. The molecule has 86 heavy (non-hydrogen) atoms. The molecule has 0 amide bonds. The maximum atomic E-state index is 12.2. The molecular weight excluding hydrogens is 1230 g/mol. The number of nitrogens with zero attached hydrogens (tertiary/aromatic N) is 6. The normalized spacial score (nSPS) is 19.7. The number of allylic oxidation sites excluding steroid dienone is 8. The summed E-state index contributed by atoms with van der Waals surface area (Å²) in [6.45, 7) is 9.62. The van der Waals surface area contributed by atoms with E-state index in [-0.39, 0.29) is 32.1 Å². The third kappa shape index (κ3) is 12.9. The summed E-state index contributed by atoms with van der Waals surface area (Å²) in [4.78, 5) is 28.2. The second kappa shape index (κ2) is 24.7. The first kappa shape index (κ1) is 64.7. The predicted octanol–water partition coefficient (Wildman–Crippen LogP) is 7.34. The highest BCUT2D eigenvalue weighted by molar-refractivity contribution is 6.36. The van der Waals surface area contributed by atoms with Crippen LogP contribution in [0.25, 0.3) is 0 Å². The topological polar surface area (TPSA) is 283 Å². The van der Waals surface area contributed by atoms with Crippen LogP contribution < -0.4 is 47.1 Å². The van der Waals surface area contributed by atoms with E-state index in [0.29, 0.717) is 33.2 Å². The fourth-order valence-electron chi connectivity index (χ4n) is 14.1. The average Bonchev–Trinajstić information content (AvgIpc) is 1.61. The van der Waals surface area contributed by atoms with Gasteiger partial charge >= 0.3 is 0 Å². The van der Waals surface area contributed by atoms with Gasteiger partial charge in [-0.25, -0.2) is 37.3 Å². The van der Waals surface area contributed by atoms with E-state index in [9.17, 15) is 20.2 Å². The highest BCUT2D eigenvalue weighted by Gasteiger charge is 2.51. The lowest BCUT2D eigenvalue weighted by Crippen LogP contribution is -2.68. The van der Waals surface area contributed by atoms with Gasteiger partial charge in [-0.1, -0.05) is 121 Å². The van der Waals surface area contributed by atoms with E-state index in [4.69, 9.17) is 83.7 Å². The van der Waals surface area contributed by atoms with Crippen LogP contribution in [0, 0.1) is 40.7 Å². The van der Waals surface area contributed by atoms with E-state index in [2.05, 4.69) is 121 Å². The standard InChI is InChI=1S/C62H62Cl4N6O4.2ClHO4/c1-59(2)45-35-43(71(73)74)23-25-49(45)69(53(59)15-13-17-55-61(27-9-7-10-28-61)57-47(65)31-41(63)33-51(57)67(55)5)37-39-19-21-40(22-20-39)38-70-50-26-24-44(72(75)76)36-46(50)60(3,4)54(70)16-14-18-56-62(29-11-8-12-30-62)58-48(66)32-42(64)34-52(58)68(56)6;2*2-1(3,4)5/h13-26,31-36H,7-12,27-30,37-38H2,1-6H3;2*(H,2,3,4,5)/q+2;;/p-2. The van der Waals surface area contributed by atoms with Crippen molar-refractivity contribution in [2.45, 2.75) is 127 Å². The van der Waals surface area contributed by atoms with Crippen molar-refractivity contribution in [2.24, 2.45) is 0 Å². The molecular formula is C62H62Cl6N6O12. The third-order valence-corrected chi connectivity index (χ3v) is 18.8. The van der Waals surface area contributed by atoms with Gasteiger partial charge in [0.2, 0.25) is 11.4 Å². The maximum Gasteiger partial charge on any atom is 0.270 e. The molecule has 0 unspecified atom stereocenters. The minimum atomic E-state index is -4.94. The number of hydrogen-bond donors (Lipinski definition) is 0. The van der Waals surface area contributed by atoms with Crippen LogP contribution in [0.2, 0.25) is 20.1 Å². The number of nitro benzene ring substituents is 2. The van der Waals surface area contributed by atoms with Gasteiger partial charge < -0.3 is 9.80 Å². The molecule has 0 bridgehead atoms. The number of rotatable bonds is 10. The van der Waals surface area contributed by atoms with Gasteiger partial charge in [0, 0.05) is 150 Å². The minimum Gasteiger partial charge on any atom is -0.347 e. The minimum absolute atomic E-state index is 0.0624. The summed E-state index contributed by atoms with van der Waals surface area (Å²) in [5.41, 5.74) is 13.2. The van der Waals surface area contributed by atoms with Gasteiger partial charge in [0.1, 0.15) is 0 Å². The molecule has 5 aromatic rings. The van der Waals surface area contributed by atoms with E-state index in [0.717, 1.165) is 119 Å². The molecule has 4 aliphatic heterocycles. The number of hydrogen-bond acceptors (Lipinski definition) is 14. The number of non-ortho nitro benzene ring substituents is 2. The SMILES string of the molecule is CN1/C(=C/C=C/C2=[N+](Cc3ccc(C[N+]4=C(/C=C/C=C5/N(C)c6cc(Cl)cc(Cl)c6C56CCCCC6)C(C)(C)c5cc([N+](=O)[O-])ccc54)cc3)c3ccc([N+](=O)[O-])cc3C2(C)C)C2(CCCCC2)c2c(Cl)cc(Cl)cc21.[O-][Cl+3]([O-])([O-])[O-].[O-][Cl+3]([O-])([O-])[O-]. The van der Waals surface area contributed by atoms with Crippen LogP contribution in [0.4, 0.5) is 34.1 Å². The first-order chi connectivity index (χ1) is 40.3. The number of halogens is 6. The van der Waals surface area contributed by atoms with Crippen LogP contribution in [-0.2, 0) is 34.7 Å². The molecule has 24 heteroatoms. The molecule has 5 aromatic carbocycles. The molecule has 0 aromatic heterocycles. The van der Waals surface area contributed by atoms with Crippen LogP contribution in [0.1, 0.15) is 125 Å². The van der Waals surface area contributed by atoms with E-state index in [1.165, 1.54) is 24.2 Å². The Morgan fingerprint density at radius 1 is 0.512 bits per heavy atom. The van der Waals surface area contributed by atoms with Crippen molar-refractivity contribution in [1.82, 2.24) is 0 Å². The Bertz CT molecular complexity index is 3470. The van der Waals surface area contributed by atoms with Crippen LogP contribution in [0.15, 0.2) is 133 Å². The highest BCUT2D eigenvalue weighted by Crippen LogP contribution is 2.59. The van der Waals surface area contributed by atoms with Gasteiger partial charge in [0.05, 0.1) is 20.7 Å². The number of fused-ring (bicyclic) bond motifs is 6. The van der Waals surface area contributed by atoms with Gasteiger partial charge in [-0.2, -0.15) is 9.15 Å². The molecule has 11 rings (SSSR count). The highest BCUT2D eigenvalue weighted by atomic mass is 35.7. The van der Waals surface area contributed by atoms with Crippen LogP contribution in [-0.4, -0.2) is 44.5 Å². The number of benzene rings is 5. The fourth-order valence-corrected chi connectivity index (χ4v) is 15.4. The molecule has 0 radical (unpaired) electrons. The summed E-state index contributed by atoms with van der Waals surface area (Å²) in [6.07, 6.45) is 24.0. The van der Waals surface area contributed by atoms with E-state index in [1.807, 2.05) is 36.4 Å². The summed E-state index contributed by atoms with van der Waals surface area (Å²) in [7, 11) is -5.69. The van der Waals surface area contributed by atoms with Crippen LogP contribution in [0.3, 0.4) is 0 Å². The first-order valence-electron chi connectivity index (χ1n) is 27.7. The zero-order chi connectivity index (χ0) is 62.6. The fraction of sp³-hybridized carbons (Fsp3) is 0.355. The molecule has 6 aliphatic rings. The first-order valence-corrected chi connectivity index (χ1v) is 31.7. The number of anilines is 2. The van der Waals surface area contributed by atoms with Crippen molar-refractivity contribution in [1.29, 1.82) is 0 Å². The lowest BCUT2D eigenvalue weighted by atomic mass is 9.68. The van der Waals surface area contributed by atoms with Gasteiger partial charge in [-0.05, 0) is 89.8 Å². The van der Waals surface area contributed by atoms with Crippen molar-refractivity contribution < 1.29 is 76.8 Å². The van der Waals surface area contributed by atoms with Gasteiger partial charge in [0.15, 0.2) is 24.5 Å². The number of nitro groups is 2. The largest absolute Gasteiger partial charge is 0.347 e. The lowest BCUT2D eigenvalue weighted by molar-refractivity contribution is -2.00. The Kier molecular flexibility index (Phi) is 18.5. The second-order valence-electron chi connectivity index (χ2n) is 23.5. The third-order valence-electron chi connectivity index (χ3n) is 17.8. The monoisotopic (exact) mass is 1290 g/mol. The average molecular weight is 1300 g/mol. The quantitative estimate of drug-likeness (QED) is 0.0751. The van der Waals surface area contributed by atoms with E-state index >= 15 is 0 Å². The zero-order valence-electron chi connectivity index (χ0n) is 47.9. The lowest BCUT2D eigenvalue weighted by Gasteiger charge is -2.36. The van der Waals surface area contributed by atoms with E-state index < -0.39 is 31.3 Å². The van der Waals surface area contributed by atoms with Crippen molar-refractivity contribution in [2.75, 3.05) is 23.9 Å². The Labute approximate surface area is 522 Å². The van der Waals surface area contributed by atoms with Crippen molar-refractivity contribution in [3.8, 4) is 0 Å². The van der Waals surface area contributed by atoms with Crippen molar-refractivity contribution in [3.63, 3.8) is 0 Å². The molecule has 2 saturated carbocycles. The van der Waals surface area contributed by atoms with Crippen molar-refractivity contribution >= 4 is 92.0 Å². The molecule has 4 heterocycles. The Morgan fingerprint density at radius 2 is 0.837 bits per heavy atom. The van der Waals surface area contributed by atoms with Crippen LogP contribution in [0.5, 0.6) is 0 Å². The maximum absolute atomic E-state index is 12.2. The van der Waals surface area contributed by atoms with Crippen molar-refractivity contribution in [3.05, 3.63) is 206 Å². The van der Waals surface area contributed by atoms with Crippen LogP contribution >= 0.6 is 46.4 Å². The molecule has 0 saturated heterocycles. The predicted molar refractivity (Wildman–Crippen MR) is 310 cm³/mol. The second-order valence-corrected chi connectivity index (χ2v) is 26.7. The Morgan fingerprint density at radius 3 is 1.15 bits per heavy atom. The zero-order valence-corrected chi connectivity index (χ0v) is 52.4. The molecule has 454 valence electrons. The Hall–Kier alpha value is -5.78. The summed E-state index contributed by atoms with van der Waals surface area (Å²) in [5, 5.41) is 26.9. The summed E-state index contributed by atoms with van der Waals surface area (Å²) < 4.78 is 72.5. The van der Waals surface area contributed by atoms with Gasteiger partial charge in [-0.15, -0.1) is 20.5 Å². The summed E-state index contributed by atoms with van der Waals surface area (Å²) in [5.74, 6) is 0. The molecule has 0 N–H and O–H groups in total. The Balaban J connectivity index is 0.000000818. The van der Waals surface area contributed by atoms with Gasteiger partial charge in [0.25, 0.3) is 11.4 Å². The molecule has 0 atom stereocenters. The molecule has 2 aliphatic carbocycles. The summed E-state index contributed by atoms with van der Waals surface area (Å²) in [6, 6.07) is 26.8.